The van der Waals surface area contributed by atoms with Crippen LogP contribution in [0.4, 0.5) is 0 Å². The summed E-state index contributed by atoms with van der Waals surface area (Å²) in [6.45, 7) is 4.93. The molecular weight excluding hydrogens is 228 g/mol. The van der Waals surface area contributed by atoms with Gasteiger partial charge in [0.05, 0.1) is 12.1 Å². The number of methoxy groups -OCH3 is 1. The van der Waals surface area contributed by atoms with Gasteiger partial charge in [0.15, 0.2) is 0 Å². The Morgan fingerprint density at radius 3 is 2.89 bits per heavy atom. The summed E-state index contributed by atoms with van der Waals surface area (Å²) in [5, 5.41) is 3.28. The number of rotatable bonds is 3. The molecule has 4 heteroatoms. The van der Waals surface area contributed by atoms with Crippen LogP contribution in [-0.2, 0) is 9.53 Å². The Hall–Kier alpha value is -0.610. The Bertz CT molecular complexity index is 283. The standard InChI is InChI=1S/C14H26N2O2/c1-3-11-5-4-7-16(8-6-11)14(17)13-9-12(18-2)10-15-13/h11-13,15H,3-10H2,1-2H3. The number of ether oxygens (including phenoxy) is 1. The Morgan fingerprint density at radius 1 is 1.39 bits per heavy atom. The van der Waals surface area contributed by atoms with E-state index in [1.807, 2.05) is 0 Å². The lowest BCUT2D eigenvalue weighted by atomic mass is 9.98. The number of nitrogens with zero attached hydrogens (tertiary/aromatic N) is 1. The number of carbonyl (C=O) groups excluding carboxylic acids is 1. The highest BCUT2D eigenvalue weighted by molar-refractivity contribution is 5.82. The van der Waals surface area contributed by atoms with Crippen molar-refractivity contribution in [3.63, 3.8) is 0 Å². The van der Waals surface area contributed by atoms with E-state index in [4.69, 9.17) is 4.74 Å². The minimum atomic E-state index is -0.0203. The third-order valence-electron chi connectivity index (χ3n) is 4.46. The molecule has 3 unspecified atom stereocenters. The fourth-order valence-corrected chi connectivity index (χ4v) is 3.09. The second kappa shape index (κ2) is 6.53. The number of nitrogens with one attached hydrogen (secondary N) is 1. The topological polar surface area (TPSA) is 41.6 Å². The Balaban J connectivity index is 1.85. The van der Waals surface area contributed by atoms with E-state index in [9.17, 15) is 4.79 Å². The molecule has 2 saturated heterocycles. The lowest BCUT2D eigenvalue weighted by Gasteiger charge is -2.24. The van der Waals surface area contributed by atoms with Gasteiger partial charge in [0.1, 0.15) is 0 Å². The van der Waals surface area contributed by atoms with Gasteiger partial charge < -0.3 is 15.0 Å². The molecule has 2 rings (SSSR count). The molecule has 0 spiro atoms. The number of hydrogen-bond acceptors (Lipinski definition) is 3. The molecule has 0 aromatic heterocycles. The van der Waals surface area contributed by atoms with Crippen LogP contribution in [0.1, 0.15) is 39.0 Å². The number of likely N-dealkylation sites (tertiary alicyclic amines) is 1. The van der Waals surface area contributed by atoms with Crippen LogP contribution in [0.25, 0.3) is 0 Å². The van der Waals surface area contributed by atoms with Gasteiger partial charge in [-0.25, -0.2) is 0 Å². The van der Waals surface area contributed by atoms with E-state index in [0.29, 0.717) is 0 Å². The van der Waals surface area contributed by atoms with Crippen molar-refractivity contribution < 1.29 is 9.53 Å². The van der Waals surface area contributed by atoms with Gasteiger partial charge in [-0.2, -0.15) is 0 Å². The number of carbonyl (C=O) groups is 1. The Kier molecular flexibility index (Phi) is 5.01. The number of hydrogen-bond donors (Lipinski definition) is 1. The monoisotopic (exact) mass is 254 g/mol. The van der Waals surface area contributed by atoms with Gasteiger partial charge in [0.25, 0.3) is 0 Å². The fourth-order valence-electron chi connectivity index (χ4n) is 3.09. The molecule has 18 heavy (non-hydrogen) atoms. The zero-order valence-corrected chi connectivity index (χ0v) is 11.7. The fraction of sp³-hybridized carbons (Fsp3) is 0.929. The molecule has 0 aromatic carbocycles. The van der Waals surface area contributed by atoms with E-state index in [2.05, 4.69) is 17.1 Å². The van der Waals surface area contributed by atoms with Crippen LogP contribution < -0.4 is 5.32 Å². The molecule has 104 valence electrons. The van der Waals surface area contributed by atoms with E-state index in [1.54, 1.807) is 7.11 Å². The van der Waals surface area contributed by atoms with Gasteiger partial charge in [-0.05, 0) is 31.6 Å². The van der Waals surface area contributed by atoms with Crippen molar-refractivity contribution in [2.24, 2.45) is 5.92 Å². The van der Waals surface area contributed by atoms with Crippen LogP contribution in [0.3, 0.4) is 0 Å². The number of amides is 1. The molecule has 2 heterocycles. The minimum Gasteiger partial charge on any atom is -0.380 e. The summed E-state index contributed by atoms with van der Waals surface area (Å²) < 4.78 is 5.30. The molecule has 2 aliphatic rings. The molecule has 2 aliphatic heterocycles. The quantitative estimate of drug-likeness (QED) is 0.828. The van der Waals surface area contributed by atoms with Gasteiger partial charge in [-0.15, -0.1) is 0 Å². The molecular formula is C14H26N2O2. The molecule has 1 N–H and O–H groups in total. The van der Waals surface area contributed by atoms with E-state index >= 15 is 0 Å². The molecule has 1 amide bonds. The summed E-state index contributed by atoms with van der Waals surface area (Å²) in [6.07, 6.45) is 5.87. The maximum Gasteiger partial charge on any atom is 0.239 e. The van der Waals surface area contributed by atoms with E-state index < -0.39 is 0 Å². The van der Waals surface area contributed by atoms with Crippen molar-refractivity contribution in [3.05, 3.63) is 0 Å². The lowest BCUT2D eigenvalue weighted by Crippen LogP contribution is -2.44. The van der Waals surface area contributed by atoms with E-state index in [-0.39, 0.29) is 18.1 Å². The van der Waals surface area contributed by atoms with Crippen molar-refractivity contribution >= 4 is 5.91 Å². The maximum atomic E-state index is 12.4. The molecule has 0 bridgehead atoms. The summed E-state index contributed by atoms with van der Waals surface area (Å²) in [7, 11) is 1.72. The molecule has 2 fully saturated rings. The first-order valence-electron chi connectivity index (χ1n) is 7.29. The first-order valence-corrected chi connectivity index (χ1v) is 7.29. The molecule has 0 aliphatic carbocycles. The van der Waals surface area contributed by atoms with Crippen molar-refractivity contribution in [2.75, 3.05) is 26.7 Å². The smallest absolute Gasteiger partial charge is 0.239 e. The van der Waals surface area contributed by atoms with Crippen LogP contribution >= 0.6 is 0 Å². The summed E-state index contributed by atoms with van der Waals surface area (Å²) in [4.78, 5) is 14.5. The zero-order chi connectivity index (χ0) is 13.0. The second-order valence-corrected chi connectivity index (χ2v) is 5.58. The molecule has 3 atom stereocenters. The van der Waals surface area contributed by atoms with Crippen LogP contribution in [-0.4, -0.2) is 49.7 Å². The molecule has 0 radical (unpaired) electrons. The molecule has 0 saturated carbocycles. The van der Waals surface area contributed by atoms with Crippen LogP contribution in [0, 0.1) is 5.92 Å². The normalized spacial score (nSPS) is 33.4. The lowest BCUT2D eigenvalue weighted by molar-refractivity contribution is -0.133. The van der Waals surface area contributed by atoms with Crippen molar-refractivity contribution in [3.8, 4) is 0 Å². The molecule has 0 aromatic rings. The van der Waals surface area contributed by atoms with Crippen LogP contribution in [0.5, 0.6) is 0 Å². The van der Waals surface area contributed by atoms with Crippen LogP contribution in [0.2, 0.25) is 0 Å². The minimum absolute atomic E-state index is 0.0203. The Labute approximate surface area is 110 Å². The predicted octanol–water partition coefficient (Wildman–Crippen LogP) is 1.40. The van der Waals surface area contributed by atoms with E-state index in [0.717, 1.165) is 38.4 Å². The van der Waals surface area contributed by atoms with Crippen molar-refractivity contribution in [2.45, 2.75) is 51.2 Å². The highest BCUT2D eigenvalue weighted by Crippen LogP contribution is 2.21. The Morgan fingerprint density at radius 2 is 2.22 bits per heavy atom. The largest absolute Gasteiger partial charge is 0.380 e. The van der Waals surface area contributed by atoms with Gasteiger partial charge in [-0.1, -0.05) is 13.3 Å². The SMILES string of the molecule is CCC1CCCN(C(=O)C2CC(OC)CN2)CC1. The van der Waals surface area contributed by atoms with Gasteiger partial charge in [-0.3, -0.25) is 4.79 Å². The average Bonchev–Trinajstić information content (AvgIpc) is 2.75. The zero-order valence-electron chi connectivity index (χ0n) is 11.7. The molecule has 4 nitrogen and oxygen atoms in total. The summed E-state index contributed by atoms with van der Waals surface area (Å²) >= 11 is 0. The highest BCUT2D eigenvalue weighted by atomic mass is 16.5. The first kappa shape index (κ1) is 13.8. The third kappa shape index (κ3) is 3.23. The van der Waals surface area contributed by atoms with Gasteiger partial charge in [0.2, 0.25) is 5.91 Å². The summed E-state index contributed by atoms with van der Waals surface area (Å²) in [6, 6.07) is -0.0203. The van der Waals surface area contributed by atoms with Gasteiger partial charge in [0, 0.05) is 26.7 Å². The van der Waals surface area contributed by atoms with Gasteiger partial charge >= 0.3 is 0 Å². The second-order valence-electron chi connectivity index (χ2n) is 5.58. The first-order chi connectivity index (χ1) is 8.74. The van der Waals surface area contributed by atoms with E-state index in [1.165, 1.54) is 19.3 Å². The summed E-state index contributed by atoms with van der Waals surface area (Å²) in [5.74, 6) is 1.09. The van der Waals surface area contributed by atoms with Crippen LogP contribution in [0.15, 0.2) is 0 Å². The highest BCUT2D eigenvalue weighted by Gasteiger charge is 2.32. The van der Waals surface area contributed by atoms with Crippen molar-refractivity contribution in [1.29, 1.82) is 0 Å². The average molecular weight is 254 g/mol. The third-order valence-corrected chi connectivity index (χ3v) is 4.46. The van der Waals surface area contributed by atoms with Crippen molar-refractivity contribution in [1.82, 2.24) is 10.2 Å². The summed E-state index contributed by atoms with van der Waals surface area (Å²) in [5.41, 5.74) is 0. The predicted molar refractivity (Wildman–Crippen MR) is 71.4 cm³/mol. The maximum absolute atomic E-state index is 12.4.